The molecule has 104 valence electrons. The predicted molar refractivity (Wildman–Crippen MR) is 64.8 cm³/mol. The van der Waals surface area contributed by atoms with Crippen LogP contribution in [0.3, 0.4) is 0 Å². The molecule has 2 heterocycles. The molecule has 2 atom stereocenters. The summed E-state index contributed by atoms with van der Waals surface area (Å²) in [5, 5.41) is 9.22. The Hall–Kier alpha value is -0.660. The number of rotatable bonds is 3. The van der Waals surface area contributed by atoms with E-state index in [0.717, 1.165) is 6.42 Å². The molecule has 2 saturated heterocycles. The Labute approximate surface area is 107 Å². The van der Waals surface area contributed by atoms with Crippen molar-refractivity contribution in [2.45, 2.75) is 18.9 Å². The summed E-state index contributed by atoms with van der Waals surface area (Å²) < 4.78 is 28.2. The zero-order valence-electron chi connectivity index (χ0n) is 10.2. The van der Waals surface area contributed by atoms with Gasteiger partial charge in [0.05, 0.1) is 30.8 Å². The molecule has 0 aromatic heterocycles. The van der Waals surface area contributed by atoms with E-state index >= 15 is 0 Å². The Morgan fingerprint density at radius 2 is 2.22 bits per heavy atom. The summed E-state index contributed by atoms with van der Waals surface area (Å²) in [6, 6.07) is -0.337. The van der Waals surface area contributed by atoms with Crippen LogP contribution < -0.4 is 0 Å². The fraction of sp³-hybridized carbons (Fsp3) is 0.909. The molecule has 7 heteroatoms. The molecular formula is C11H19NO5S. The molecule has 1 N–H and O–H groups in total. The third-order valence-electron chi connectivity index (χ3n) is 3.52. The standard InChI is InChI=1S/C11H19NO5S/c13-5-10-6-17-7-11(14)12(10)4-9-2-1-3-18(15,16)8-9/h9-10,13H,1-8H2. The average Bonchev–Trinajstić information content (AvgIpc) is 2.30. The van der Waals surface area contributed by atoms with E-state index in [1.165, 1.54) is 0 Å². The monoisotopic (exact) mass is 277 g/mol. The first-order valence-corrected chi connectivity index (χ1v) is 8.02. The minimum atomic E-state index is -2.96. The van der Waals surface area contributed by atoms with Crippen LogP contribution in [0.25, 0.3) is 0 Å². The topological polar surface area (TPSA) is 83.9 Å². The Morgan fingerprint density at radius 3 is 2.89 bits per heavy atom. The first-order chi connectivity index (χ1) is 8.52. The molecule has 0 bridgehead atoms. The van der Waals surface area contributed by atoms with Gasteiger partial charge >= 0.3 is 0 Å². The van der Waals surface area contributed by atoms with Crippen LogP contribution in [0.2, 0.25) is 0 Å². The van der Waals surface area contributed by atoms with Gasteiger partial charge in [0.1, 0.15) is 6.61 Å². The first-order valence-electron chi connectivity index (χ1n) is 6.20. The second-order valence-corrected chi connectivity index (χ2v) is 7.25. The van der Waals surface area contributed by atoms with Gasteiger partial charge in [-0.05, 0) is 18.8 Å². The molecule has 2 unspecified atom stereocenters. The largest absolute Gasteiger partial charge is 0.394 e. The molecule has 2 aliphatic heterocycles. The summed E-state index contributed by atoms with van der Waals surface area (Å²) >= 11 is 0. The fourth-order valence-electron chi connectivity index (χ4n) is 2.60. The highest BCUT2D eigenvalue weighted by Crippen LogP contribution is 2.21. The van der Waals surface area contributed by atoms with E-state index in [1.54, 1.807) is 4.90 Å². The number of amides is 1. The van der Waals surface area contributed by atoms with Gasteiger partial charge in [-0.2, -0.15) is 0 Å². The average molecular weight is 277 g/mol. The molecule has 0 aliphatic carbocycles. The molecule has 1 amide bonds. The quantitative estimate of drug-likeness (QED) is 0.717. The zero-order chi connectivity index (χ0) is 13.2. The van der Waals surface area contributed by atoms with Crippen LogP contribution in [0.5, 0.6) is 0 Å². The second kappa shape index (κ2) is 5.54. The van der Waals surface area contributed by atoms with Gasteiger partial charge in [-0.25, -0.2) is 8.42 Å². The van der Waals surface area contributed by atoms with Crippen molar-refractivity contribution < 1.29 is 23.1 Å². The van der Waals surface area contributed by atoms with Gasteiger partial charge in [0.15, 0.2) is 9.84 Å². The van der Waals surface area contributed by atoms with E-state index in [2.05, 4.69) is 0 Å². The van der Waals surface area contributed by atoms with Gasteiger partial charge in [-0.15, -0.1) is 0 Å². The van der Waals surface area contributed by atoms with Crippen LogP contribution in [0.15, 0.2) is 0 Å². The van der Waals surface area contributed by atoms with Crippen molar-refractivity contribution in [3.8, 4) is 0 Å². The SMILES string of the molecule is O=C1COCC(CO)N1CC1CCCS(=O)(=O)C1. The van der Waals surface area contributed by atoms with Crippen molar-refractivity contribution in [1.29, 1.82) is 0 Å². The molecule has 2 aliphatic rings. The van der Waals surface area contributed by atoms with Crippen molar-refractivity contribution in [3.05, 3.63) is 0 Å². The van der Waals surface area contributed by atoms with Crippen molar-refractivity contribution in [2.75, 3.05) is 37.9 Å². The molecule has 0 spiro atoms. The number of morpholine rings is 1. The number of hydrogen-bond donors (Lipinski definition) is 1. The van der Waals surface area contributed by atoms with E-state index in [4.69, 9.17) is 4.74 Å². The van der Waals surface area contributed by atoms with Crippen molar-refractivity contribution in [1.82, 2.24) is 4.90 Å². The van der Waals surface area contributed by atoms with E-state index < -0.39 is 9.84 Å². The number of aliphatic hydroxyl groups excluding tert-OH is 1. The highest BCUT2D eigenvalue weighted by atomic mass is 32.2. The van der Waals surface area contributed by atoms with Gasteiger partial charge in [0.2, 0.25) is 5.91 Å². The van der Waals surface area contributed by atoms with E-state index in [9.17, 15) is 18.3 Å². The highest BCUT2D eigenvalue weighted by molar-refractivity contribution is 7.91. The highest BCUT2D eigenvalue weighted by Gasteiger charge is 2.33. The molecule has 2 rings (SSSR count). The number of carbonyl (C=O) groups excluding carboxylic acids is 1. The number of hydrogen-bond acceptors (Lipinski definition) is 5. The van der Waals surface area contributed by atoms with Crippen LogP contribution in [-0.2, 0) is 19.4 Å². The number of nitrogens with zero attached hydrogens (tertiary/aromatic N) is 1. The lowest BCUT2D eigenvalue weighted by Crippen LogP contribution is -2.53. The Kier molecular flexibility index (Phi) is 4.24. The number of aliphatic hydroxyl groups is 1. The van der Waals surface area contributed by atoms with Crippen molar-refractivity contribution in [2.24, 2.45) is 5.92 Å². The molecule has 6 nitrogen and oxygen atoms in total. The maximum absolute atomic E-state index is 11.7. The third-order valence-corrected chi connectivity index (χ3v) is 5.41. The van der Waals surface area contributed by atoms with Crippen LogP contribution >= 0.6 is 0 Å². The normalized spacial score (nSPS) is 32.5. The van der Waals surface area contributed by atoms with Crippen LogP contribution in [0.1, 0.15) is 12.8 Å². The molecule has 0 aromatic carbocycles. The van der Waals surface area contributed by atoms with Crippen molar-refractivity contribution in [3.63, 3.8) is 0 Å². The number of ether oxygens (including phenoxy) is 1. The van der Waals surface area contributed by atoms with E-state index in [1.807, 2.05) is 0 Å². The number of sulfone groups is 1. The molecule has 0 saturated carbocycles. The van der Waals surface area contributed by atoms with Crippen LogP contribution in [0.4, 0.5) is 0 Å². The Balaban J connectivity index is 2.00. The lowest BCUT2D eigenvalue weighted by molar-refractivity contribution is -0.150. The van der Waals surface area contributed by atoms with Crippen molar-refractivity contribution >= 4 is 15.7 Å². The lowest BCUT2D eigenvalue weighted by atomic mass is 10.0. The Bertz CT molecular complexity index is 408. The van der Waals surface area contributed by atoms with Gasteiger partial charge in [0, 0.05) is 6.54 Å². The van der Waals surface area contributed by atoms with Gasteiger partial charge < -0.3 is 14.7 Å². The van der Waals surface area contributed by atoms with Crippen LogP contribution in [0, 0.1) is 5.92 Å². The summed E-state index contributed by atoms with van der Waals surface area (Å²) in [6.45, 7) is 0.607. The zero-order valence-corrected chi connectivity index (χ0v) is 11.1. The third kappa shape index (κ3) is 3.21. The Morgan fingerprint density at radius 1 is 1.44 bits per heavy atom. The maximum Gasteiger partial charge on any atom is 0.248 e. The predicted octanol–water partition coefficient (Wildman–Crippen LogP) is -0.969. The smallest absolute Gasteiger partial charge is 0.248 e. The van der Waals surface area contributed by atoms with E-state index in [-0.39, 0.29) is 42.6 Å². The van der Waals surface area contributed by atoms with E-state index in [0.29, 0.717) is 19.6 Å². The van der Waals surface area contributed by atoms with Crippen LogP contribution in [-0.4, -0.2) is 68.2 Å². The minimum absolute atomic E-state index is 0.0140. The summed E-state index contributed by atoms with van der Waals surface area (Å²) in [6.07, 6.45) is 1.48. The molecular weight excluding hydrogens is 258 g/mol. The minimum Gasteiger partial charge on any atom is -0.394 e. The molecule has 0 radical (unpaired) electrons. The summed E-state index contributed by atoms with van der Waals surface area (Å²) in [5.41, 5.74) is 0. The second-order valence-electron chi connectivity index (χ2n) is 5.02. The molecule has 2 fully saturated rings. The molecule has 0 aromatic rings. The maximum atomic E-state index is 11.7. The summed E-state index contributed by atoms with van der Waals surface area (Å²) in [7, 11) is -2.96. The number of carbonyl (C=O) groups is 1. The summed E-state index contributed by atoms with van der Waals surface area (Å²) in [4.78, 5) is 13.3. The first kappa shape index (κ1) is 13.8. The van der Waals surface area contributed by atoms with Gasteiger partial charge in [0.25, 0.3) is 0 Å². The molecule has 18 heavy (non-hydrogen) atoms. The van der Waals surface area contributed by atoms with Gasteiger partial charge in [-0.3, -0.25) is 4.79 Å². The summed E-state index contributed by atoms with van der Waals surface area (Å²) in [5.74, 6) is 0.225. The fourth-order valence-corrected chi connectivity index (χ4v) is 4.36. The lowest BCUT2D eigenvalue weighted by Gasteiger charge is -2.37. The van der Waals surface area contributed by atoms with Gasteiger partial charge in [-0.1, -0.05) is 0 Å².